The molecule has 0 N–H and O–H groups in total. The normalized spacial score (nSPS) is 25.1. The molecule has 12 heteroatoms. The number of carbonyl (C=O) groups is 5. The van der Waals surface area contributed by atoms with Crippen molar-refractivity contribution in [3.8, 4) is 23.7 Å². The van der Waals surface area contributed by atoms with Gasteiger partial charge in [-0.25, -0.2) is 0 Å². The molecule has 0 radical (unpaired) electrons. The van der Waals surface area contributed by atoms with E-state index in [4.69, 9.17) is 16.3 Å². The molecule has 3 aromatic carbocycles. The lowest BCUT2D eigenvalue weighted by Gasteiger charge is -2.65. The maximum atomic E-state index is 13.8. The van der Waals surface area contributed by atoms with E-state index in [-0.39, 0.29) is 65.6 Å². The van der Waals surface area contributed by atoms with Crippen LogP contribution in [0.3, 0.4) is 0 Å². The lowest BCUT2D eigenvalue weighted by molar-refractivity contribution is -0.199. The van der Waals surface area contributed by atoms with Crippen LogP contribution in [0, 0.1) is 39.9 Å². The van der Waals surface area contributed by atoms with Crippen LogP contribution in [0.5, 0.6) is 5.75 Å². The molecule has 11 nitrogen and oxygen atoms in total. The van der Waals surface area contributed by atoms with E-state index in [1.807, 2.05) is 23.1 Å². The number of hydrogen-bond acceptors (Lipinski definition) is 9. The number of fused-ring (bicyclic) bond motifs is 2. The molecule has 4 aliphatic heterocycles. The molecule has 9 rings (SSSR count). The third-order valence-corrected chi connectivity index (χ3v) is 14.5. The number of piperidine rings is 1. The van der Waals surface area contributed by atoms with E-state index < -0.39 is 17.9 Å². The number of halogens is 1. The van der Waals surface area contributed by atoms with Crippen LogP contribution in [0.4, 0.5) is 5.69 Å². The molecule has 314 valence electrons. The van der Waals surface area contributed by atoms with Crippen molar-refractivity contribution in [2.24, 2.45) is 16.7 Å². The van der Waals surface area contributed by atoms with Gasteiger partial charge in [0.05, 0.1) is 27.8 Å². The Morgan fingerprint density at radius 2 is 1.51 bits per heavy atom. The second kappa shape index (κ2) is 15.4. The Balaban J connectivity index is 0.774. The predicted molar refractivity (Wildman–Crippen MR) is 229 cm³/mol. The first-order chi connectivity index (χ1) is 29.1. The fourth-order valence-electron chi connectivity index (χ4n) is 11.4. The summed E-state index contributed by atoms with van der Waals surface area (Å²) in [5.41, 5.74) is 3.90. The number of hydrogen-bond donors (Lipinski definition) is 0. The van der Waals surface area contributed by atoms with Crippen LogP contribution in [0.25, 0.3) is 0 Å². The largest absolute Gasteiger partial charge is 0.489 e. The molecule has 2 saturated carbocycles. The Kier molecular flexibility index (Phi) is 10.4. The zero-order valence-electron chi connectivity index (χ0n) is 35.1. The van der Waals surface area contributed by atoms with Gasteiger partial charge in [-0.15, -0.1) is 0 Å². The molecule has 0 spiro atoms. The standard InChI is InChI=1S/C49H50ClN5O6/c1-48(2)46(49(3,4)47(48)61-36-14-11-31(25-51)40(50)24-36)54-28-32-22-29(10-15-37(32)43(54)58)8-9-30-26-53(27-30)33-18-20-52(21-19-33)34-12-16-38-39(23-34)45(60)55(44(38)59)41-17-13-35(56)6-5-7-42(41)57/h10-12,14-16,22-24,30,33,41,46-47H,5-7,13,17-21,26-28H2,1-4H3/t41?,46-,47-. The monoisotopic (exact) mass is 839 g/mol. The van der Waals surface area contributed by atoms with Crippen LogP contribution in [-0.2, 0) is 16.1 Å². The molecule has 0 bridgehead atoms. The number of imide groups is 1. The molecule has 1 atom stereocenters. The molecule has 0 aromatic heterocycles. The summed E-state index contributed by atoms with van der Waals surface area (Å²) in [5.74, 6) is 6.83. The number of ketones is 2. The summed E-state index contributed by atoms with van der Waals surface area (Å²) in [7, 11) is 0. The van der Waals surface area contributed by atoms with E-state index in [9.17, 15) is 29.2 Å². The van der Waals surface area contributed by atoms with Gasteiger partial charge in [0.1, 0.15) is 23.7 Å². The maximum Gasteiger partial charge on any atom is 0.262 e. The van der Waals surface area contributed by atoms with Crippen molar-refractivity contribution in [2.75, 3.05) is 31.1 Å². The molecule has 2 aliphatic carbocycles. The Hall–Kier alpha value is -5.49. The fraction of sp³-hybridized carbons (Fsp3) is 0.469. The van der Waals surface area contributed by atoms with Gasteiger partial charge < -0.3 is 14.5 Å². The summed E-state index contributed by atoms with van der Waals surface area (Å²) in [6.07, 6.45) is 3.19. The van der Waals surface area contributed by atoms with Crippen LogP contribution in [0.1, 0.15) is 120 Å². The summed E-state index contributed by atoms with van der Waals surface area (Å²) in [6, 6.07) is 18.1. The van der Waals surface area contributed by atoms with E-state index in [1.165, 1.54) is 0 Å². The van der Waals surface area contributed by atoms with Crippen molar-refractivity contribution in [1.82, 2.24) is 14.7 Å². The first kappa shape index (κ1) is 40.9. The van der Waals surface area contributed by atoms with Crippen LogP contribution < -0.4 is 9.64 Å². The molecule has 6 aliphatic rings. The van der Waals surface area contributed by atoms with Crippen molar-refractivity contribution in [2.45, 2.75) is 103 Å². The Morgan fingerprint density at radius 3 is 2.23 bits per heavy atom. The maximum absolute atomic E-state index is 13.8. The van der Waals surface area contributed by atoms with Gasteiger partial charge in [-0.3, -0.25) is 33.8 Å². The van der Waals surface area contributed by atoms with E-state index in [0.29, 0.717) is 52.9 Å². The summed E-state index contributed by atoms with van der Waals surface area (Å²) in [4.78, 5) is 73.7. The molecule has 2 saturated heterocycles. The first-order valence-electron chi connectivity index (χ1n) is 21.5. The number of nitrogens with zero attached hydrogens (tertiary/aromatic N) is 5. The van der Waals surface area contributed by atoms with Gasteiger partial charge in [0.15, 0.2) is 5.78 Å². The highest BCUT2D eigenvalue weighted by Crippen LogP contribution is 2.59. The summed E-state index contributed by atoms with van der Waals surface area (Å²) in [5, 5.41) is 9.62. The van der Waals surface area contributed by atoms with E-state index in [1.54, 1.807) is 30.3 Å². The second-order valence-corrected chi connectivity index (χ2v) is 19.3. The van der Waals surface area contributed by atoms with Crippen molar-refractivity contribution >= 4 is 46.6 Å². The molecular weight excluding hydrogens is 790 g/mol. The van der Waals surface area contributed by atoms with E-state index in [0.717, 1.165) is 66.3 Å². The minimum atomic E-state index is -0.885. The fourth-order valence-corrected chi connectivity index (χ4v) is 11.6. The zero-order valence-corrected chi connectivity index (χ0v) is 35.9. The van der Waals surface area contributed by atoms with Gasteiger partial charge >= 0.3 is 0 Å². The molecular formula is C49H50ClN5O6. The third-order valence-electron chi connectivity index (χ3n) is 14.2. The topological polar surface area (TPSA) is 131 Å². The Morgan fingerprint density at radius 1 is 0.787 bits per heavy atom. The van der Waals surface area contributed by atoms with E-state index in [2.05, 4.69) is 61.5 Å². The van der Waals surface area contributed by atoms with E-state index >= 15 is 0 Å². The van der Waals surface area contributed by atoms with Crippen LogP contribution >= 0.6 is 11.6 Å². The number of Topliss-reactive ketones (excluding diaryl/α,β-unsaturated/α-hetero) is 2. The minimum Gasteiger partial charge on any atom is -0.489 e. The Labute approximate surface area is 361 Å². The van der Waals surface area contributed by atoms with Crippen molar-refractivity contribution in [1.29, 1.82) is 5.26 Å². The molecule has 61 heavy (non-hydrogen) atoms. The molecule has 1 unspecified atom stereocenters. The number of nitriles is 1. The highest BCUT2D eigenvalue weighted by Gasteiger charge is 2.67. The number of likely N-dealkylation sites (tertiary alicyclic amines) is 1. The molecule has 3 aromatic rings. The van der Waals surface area contributed by atoms with Crippen molar-refractivity contribution in [3.63, 3.8) is 0 Å². The summed E-state index contributed by atoms with van der Waals surface area (Å²) >= 11 is 6.30. The Bertz CT molecular complexity index is 2470. The van der Waals surface area contributed by atoms with Crippen LogP contribution in [0.15, 0.2) is 54.6 Å². The number of benzene rings is 3. The average Bonchev–Trinajstić information content (AvgIpc) is 3.65. The average molecular weight is 840 g/mol. The van der Waals surface area contributed by atoms with Crippen LogP contribution in [-0.4, -0.2) is 94.4 Å². The number of ether oxygens (including phenoxy) is 1. The number of anilines is 1. The van der Waals surface area contributed by atoms with Gasteiger partial charge in [-0.1, -0.05) is 51.1 Å². The van der Waals surface area contributed by atoms with Gasteiger partial charge in [0.2, 0.25) is 0 Å². The van der Waals surface area contributed by atoms with Gasteiger partial charge in [0, 0.05) is 104 Å². The molecule has 4 fully saturated rings. The number of amides is 3. The third kappa shape index (κ3) is 7.10. The second-order valence-electron chi connectivity index (χ2n) is 18.9. The van der Waals surface area contributed by atoms with Crippen molar-refractivity contribution in [3.05, 3.63) is 93.0 Å². The molecule has 3 amide bonds. The number of rotatable bonds is 6. The summed E-state index contributed by atoms with van der Waals surface area (Å²) in [6.45, 7) is 12.6. The SMILES string of the molecule is CC1(C)[C@H](Oc2ccc(C#N)c(Cl)c2)C(C)(C)[C@H]1N1Cc2cc(C#CC3CN(C4CCN(c5ccc6c(c5)C(=O)N(C5CCC(=O)CCCC5=O)C6=O)CC4)C3)ccc2C1=O. The van der Waals surface area contributed by atoms with Crippen molar-refractivity contribution < 1.29 is 28.7 Å². The molecule has 4 heterocycles. The van der Waals surface area contributed by atoms with Crippen LogP contribution in [0.2, 0.25) is 5.02 Å². The van der Waals surface area contributed by atoms with Gasteiger partial charge in [-0.05, 0) is 79.8 Å². The van der Waals surface area contributed by atoms with Gasteiger partial charge in [0.25, 0.3) is 17.7 Å². The highest BCUT2D eigenvalue weighted by atomic mass is 35.5. The first-order valence-corrected chi connectivity index (χ1v) is 21.9. The summed E-state index contributed by atoms with van der Waals surface area (Å²) < 4.78 is 6.48. The quantitative estimate of drug-likeness (QED) is 0.189. The lowest BCUT2D eigenvalue weighted by Crippen LogP contribution is -2.74. The lowest BCUT2D eigenvalue weighted by atomic mass is 9.49. The number of carbonyl (C=O) groups excluding carboxylic acids is 5. The van der Waals surface area contributed by atoms with Gasteiger partial charge in [-0.2, -0.15) is 5.26 Å². The highest BCUT2D eigenvalue weighted by molar-refractivity contribution is 6.31. The zero-order chi connectivity index (χ0) is 43.0. The minimum absolute atomic E-state index is 0.0327. The smallest absolute Gasteiger partial charge is 0.262 e. The predicted octanol–water partition coefficient (Wildman–Crippen LogP) is 7.07.